The molecule has 0 spiro atoms. The van der Waals surface area contributed by atoms with E-state index in [1.165, 1.54) is 0 Å². The van der Waals surface area contributed by atoms with Gasteiger partial charge >= 0.3 is 0 Å². The summed E-state index contributed by atoms with van der Waals surface area (Å²) in [7, 11) is 1.69. The number of nitrogens with one attached hydrogen (secondary N) is 3. The number of fused-ring (bicyclic) bond motifs is 1. The van der Waals surface area contributed by atoms with Gasteiger partial charge in [-0.15, -0.1) is 0 Å². The highest BCUT2D eigenvalue weighted by Gasteiger charge is 2.24. The first-order valence-electron chi connectivity index (χ1n) is 7.78. The van der Waals surface area contributed by atoms with Crippen LogP contribution in [0.5, 0.6) is 0 Å². The van der Waals surface area contributed by atoms with Crippen LogP contribution in [0.2, 0.25) is 0 Å². The molecule has 1 unspecified atom stereocenters. The minimum Gasteiger partial charge on any atom is -0.356 e. The van der Waals surface area contributed by atoms with Crippen molar-refractivity contribution in [1.29, 1.82) is 0 Å². The second-order valence-corrected chi connectivity index (χ2v) is 5.57. The van der Waals surface area contributed by atoms with E-state index in [9.17, 15) is 4.79 Å². The molecule has 0 saturated heterocycles. The van der Waals surface area contributed by atoms with E-state index in [1.807, 2.05) is 24.3 Å². The highest BCUT2D eigenvalue weighted by molar-refractivity contribution is 5.94. The Labute approximate surface area is 139 Å². The van der Waals surface area contributed by atoms with Crippen LogP contribution in [0.1, 0.15) is 29.6 Å². The van der Waals surface area contributed by atoms with Crippen molar-refractivity contribution in [2.45, 2.75) is 25.8 Å². The summed E-state index contributed by atoms with van der Waals surface area (Å²) in [5.41, 5.74) is 2.01. The van der Waals surface area contributed by atoms with E-state index < -0.39 is 0 Å². The molecule has 126 valence electrons. The SMILES string of the molecule is CN=C(NCc1noc(C)n1)NCC1CC(=O)Nc2ccccc21. The number of nitrogens with zero attached hydrogens (tertiary/aromatic N) is 3. The molecule has 1 aromatic heterocycles. The molecule has 1 amide bonds. The highest BCUT2D eigenvalue weighted by atomic mass is 16.5. The predicted octanol–water partition coefficient (Wildman–Crippen LogP) is 1.17. The zero-order valence-corrected chi connectivity index (χ0v) is 13.7. The molecule has 0 bridgehead atoms. The number of guanidine groups is 1. The third kappa shape index (κ3) is 3.70. The fraction of sp³-hybridized carbons (Fsp3) is 0.375. The molecule has 0 radical (unpaired) electrons. The van der Waals surface area contributed by atoms with Crippen molar-refractivity contribution >= 4 is 17.6 Å². The summed E-state index contributed by atoms with van der Waals surface area (Å²) in [6.07, 6.45) is 0.449. The van der Waals surface area contributed by atoms with Crippen LogP contribution in [0.15, 0.2) is 33.8 Å². The smallest absolute Gasteiger partial charge is 0.225 e. The molecule has 24 heavy (non-hydrogen) atoms. The zero-order chi connectivity index (χ0) is 16.9. The van der Waals surface area contributed by atoms with Gasteiger partial charge in [0, 0.05) is 38.5 Å². The molecular weight excluding hydrogens is 308 g/mol. The normalized spacial score (nSPS) is 17.2. The number of anilines is 1. The molecule has 0 saturated carbocycles. The highest BCUT2D eigenvalue weighted by Crippen LogP contribution is 2.31. The Bertz CT molecular complexity index is 755. The van der Waals surface area contributed by atoms with Crippen LogP contribution in [0.4, 0.5) is 5.69 Å². The second kappa shape index (κ2) is 7.12. The standard InChI is InChI=1S/C16H20N6O2/c1-10-20-14(22-24-10)9-19-16(17-2)18-8-11-7-15(23)21-13-6-4-3-5-12(11)13/h3-6,11H,7-9H2,1-2H3,(H,21,23)(H2,17,18,19). The Morgan fingerprint density at radius 3 is 3.00 bits per heavy atom. The van der Waals surface area contributed by atoms with Gasteiger partial charge in [-0.2, -0.15) is 4.98 Å². The van der Waals surface area contributed by atoms with E-state index in [4.69, 9.17) is 4.52 Å². The van der Waals surface area contributed by atoms with Gasteiger partial charge in [-0.25, -0.2) is 0 Å². The Balaban J connectivity index is 1.59. The van der Waals surface area contributed by atoms with Crippen LogP contribution in [-0.4, -0.2) is 35.6 Å². The van der Waals surface area contributed by atoms with Crippen LogP contribution in [0, 0.1) is 6.92 Å². The number of rotatable bonds is 4. The maximum absolute atomic E-state index is 11.9. The summed E-state index contributed by atoms with van der Waals surface area (Å²) < 4.78 is 4.93. The first kappa shape index (κ1) is 16.0. The minimum absolute atomic E-state index is 0.0331. The average molecular weight is 328 g/mol. The summed E-state index contributed by atoms with van der Waals surface area (Å²) in [6, 6.07) is 7.86. The van der Waals surface area contributed by atoms with Crippen LogP contribution in [-0.2, 0) is 11.3 Å². The van der Waals surface area contributed by atoms with Gasteiger partial charge in [-0.1, -0.05) is 23.4 Å². The van der Waals surface area contributed by atoms with Gasteiger partial charge < -0.3 is 20.5 Å². The first-order valence-corrected chi connectivity index (χ1v) is 7.78. The lowest BCUT2D eigenvalue weighted by Crippen LogP contribution is -2.40. The summed E-state index contributed by atoms with van der Waals surface area (Å²) >= 11 is 0. The fourth-order valence-electron chi connectivity index (χ4n) is 2.70. The van der Waals surface area contributed by atoms with E-state index in [2.05, 4.69) is 31.1 Å². The molecule has 2 aromatic rings. The largest absolute Gasteiger partial charge is 0.356 e. The molecule has 2 heterocycles. The Morgan fingerprint density at radius 1 is 1.42 bits per heavy atom. The van der Waals surface area contributed by atoms with Crippen LogP contribution in [0.25, 0.3) is 0 Å². The number of para-hydroxylation sites is 1. The van der Waals surface area contributed by atoms with Crippen LogP contribution >= 0.6 is 0 Å². The van der Waals surface area contributed by atoms with E-state index in [1.54, 1.807) is 14.0 Å². The van der Waals surface area contributed by atoms with Crippen LogP contribution < -0.4 is 16.0 Å². The van der Waals surface area contributed by atoms with Gasteiger partial charge in [-0.3, -0.25) is 9.79 Å². The number of aromatic nitrogens is 2. The fourth-order valence-corrected chi connectivity index (χ4v) is 2.70. The second-order valence-electron chi connectivity index (χ2n) is 5.57. The molecular formula is C16H20N6O2. The van der Waals surface area contributed by atoms with E-state index >= 15 is 0 Å². The van der Waals surface area contributed by atoms with Crippen molar-refractivity contribution in [2.75, 3.05) is 18.9 Å². The number of amides is 1. The maximum Gasteiger partial charge on any atom is 0.225 e. The van der Waals surface area contributed by atoms with Crippen molar-refractivity contribution in [1.82, 2.24) is 20.8 Å². The van der Waals surface area contributed by atoms with Crippen molar-refractivity contribution in [3.05, 3.63) is 41.5 Å². The first-order chi connectivity index (χ1) is 11.7. The predicted molar refractivity (Wildman–Crippen MR) is 89.7 cm³/mol. The lowest BCUT2D eigenvalue weighted by Gasteiger charge is -2.26. The maximum atomic E-state index is 11.9. The molecule has 8 nitrogen and oxygen atoms in total. The minimum atomic E-state index is 0.0331. The van der Waals surface area contributed by atoms with E-state index in [-0.39, 0.29) is 11.8 Å². The van der Waals surface area contributed by atoms with Gasteiger partial charge in [0.25, 0.3) is 0 Å². The van der Waals surface area contributed by atoms with Gasteiger partial charge in [0.2, 0.25) is 11.8 Å². The quantitative estimate of drug-likeness (QED) is 0.575. The summed E-state index contributed by atoms with van der Waals surface area (Å²) in [4.78, 5) is 20.2. The lowest BCUT2D eigenvalue weighted by molar-refractivity contribution is -0.116. The average Bonchev–Trinajstić information content (AvgIpc) is 3.00. The molecule has 1 atom stereocenters. The van der Waals surface area contributed by atoms with Crippen molar-refractivity contribution < 1.29 is 9.32 Å². The summed E-state index contributed by atoms with van der Waals surface area (Å²) in [5.74, 6) is 1.85. The Morgan fingerprint density at radius 2 is 2.25 bits per heavy atom. The Kier molecular flexibility index (Phi) is 4.74. The summed E-state index contributed by atoms with van der Waals surface area (Å²) in [6.45, 7) is 2.77. The number of aliphatic imine (C=N–C) groups is 1. The molecule has 1 aliphatic rings. The van der Waals surface area contributed by atoms with Crippen molar-refractivity contribution in [2.24, 2.45) is 4.99 Å². The van der Waals surface area contributed by atoms with Gasteiger partial charge in [-0.05, 0) is 11.6 Å². The van der Waals surface area contributed by atoms with E-state index in [0.717, 1.165) is 11.3 Å². The third-order valence-corrected chi connectivity index (χ3v) is 3.83. The van der Waals surface area contributed by atoms with Gasteiger partial charge in [0.15, 0.2) is 11.8 Å². The zero-order valence-electron chi connectivity index (χ0n) is 13.7. The summed E-state index contributed by atoms with van der Waals surface area (Å²) in [5, 5.41) is 13.1. The molecule has 1 aromatic carbocycles. The molecule has 3 rings (SSSR count). The van der Waals surface area contributed by atoms with Crippen molar-refractivity contribution in [3.63, 3.8) is 0 Å². The number of carbonyl (C=O) groups excluding carboxylic acids is 1. The molecule has 1 aliphatic heterocycles. The Hall–Kier alpha value is -2.90. The molecule has 0 aliphatic carbocycles. The molecule has 8 heteroatoms. The topological polar surface area (TPSA) is 104 Å². The van der Waals surface area contributed by atoms with Gasteiger partial charge in [0.1, 0.15) is 0 Å². The molecule has 0 fully saturated rings. The number of hydrogen-bond donors (Lipinski definition) is 3. The number of benzene rings is 1. The van der Waals surface area contributed by atoms with Crippen molar-refractivity contribution in [3.8, 4) is 0 Å². The number of carbonyl (C=O) groups is 1. The van der Waals surface area contributed by atoms with E-state index in [0.29, 0.717) is 37.2 Å². The monoisotopic (exact) mass is 328 g/mol. The number of aryl methyl sites for hydroxylation is 1. The number of hydrogen-bond acceptors (Lipinski definition) is 5. The molecule has 3 N–H and O–H groups in total. The third-order valence-electron chi connectivity index (χ3n) is 3.83. The van der Waals surface area contributed by atoms with Crippen LogP contribution in [0.3, 0.4) is 0 Å². The van der Waals surface area contributed by atoms with Gasteiger partial charge in [0.05, 0.1) is 6.54 Å². The lowest BCUT2D eigenvalue weighted by atomic mass is 9.90.